The summed E-state index contributed by atoms with van der Waals surface area (Å²) in [7, 11) is 3.96. The van der Waals surface area contributed by atoms with Crippen molar-refractivity contribution in [3.63, 3.8) is 0 Å². The summed E-state index contributed by atoms with van der Waals surface area (Å²) >= 11 is 0. The molecule has 0 aliphatic carbocycles. The third-order valence-corrected chi connectivity index (χ3v) is 4.14. The van der Waals surface area contributed by atoms with E-state index in [9.17, 15) is 9.59 Å². The first-order chi connectivity index (χ1) is 13.1. The average Bonchev–Trinajstić information content (AvgIpc) is 2.99. The second kappa shape index (κ2) is 9.10. The van der Waals surface area contributed by atoms with E-state index < -0.39 is 5.41 Å². The van der Waals surface area contributed by atoms with E-state index in [0.29, 0.717) is 37.0 Å². The fourth-order valence-corrected chi connectivity index (χ4v) is 2.62. The molecule has 0 spiro atoms. The van der Waals surface area contributed by atoms with Crippen LogP contribution in [0.2, 0.25) is 0 Å². The summed E-state index contributed by atoms with van der Waals surface area (Å²) in [6, 6.07) is 5.57. The molecule has 0 aliphatic heterocycles. The summed E-state index contributed by atoms with van der Waals surface area (Å²) in [6.07, 6.45) is 0. The number of carbonyl (C=O) groups excluding carboxylic acids is 2. The van der Waals surface area contributed by atoms with Crippen LogP contribution in [0.1, 0.15) is 38.2 Å². The summed E-state index contributed by atoms with van der Waals surface area (Å²) in [4.78, 5) is 28.8. The summed E-state index contributed by atoms with van der Waals surface area (Å²) in [5.74, 6) is 1.14. The zero-order chi connectivity index (χ0) is 20.9. The molecular formula is C21H31N3O4. The lowest BCUT2D eigenvalue weighted by molar-refractivity contribution is -0.119. The summed E-state index contributed by atoms with van der Waals surface area (Å²) < 4.78 is 11.8. The first kappa shape index (κ1) is 21.8. The van der Waals surface area contributed by atoms with Gasteiger partial charge in [0, 0.05) is 35.9 Å². The number of Topliss-reactive ketones (excluding diaryl/α,β-unsaturated/α-hetero) is 1. The number of fused-ring (bicyclic) bond motifs is 1. The molecule has 1 heterocycles. The Morgan fingerprint density at radius 3 is 2.32 bits per heavy atom. The van der Waals surface area contributed by atoms with Crippen LogP contribution in [0.3, 0.4) is 0 Å². The van der Waals surface area contributed by atoms with Gasteiger partial charge < -0.3 is 24.7 Å². The van der Waals surface area contributed by atoms with E-state index in [-0.39, 0.29) is 11.7 Å². The van der Waals surface area contributed by atoms with Gasteiger partial charge in [-0.2, -0.15) is 0 Å². The second-order valence-corrected chi connectivity index (χ2v) is 8.13. The third kappa shape index (κ3) is 5.99. The Morgan fingerprint density at radius 1 is 1.07 bits per heavy atom. The van der Waals surface area contributed by atoms with E-state index in [1.54, 1.807) is 0 Å². The van der Waals surface area contributed by atoms with Crippen molar-refractivity contribution < 1.29 is 19.1 Å². The van der Waals surface area contributed by atoms with Crippen LogP contribution < -0.4 is 14.8 Å². The molecule has 1 aromatic heterocycles. The zero-order valence-corrected chi connectivity index (χ0v) is 17.6. The van der Waals surface area contributed by atoms with Crippen LogP contribution in [-0.4, -0.2) is 62.0 Å². The van der Waals surface area contributed by atoms with Gasteiger partial charge in [-0.1, -0.05) is 20.8 Å². The number of ether oxygens (including phenoxy) is 2. The topological polar surface area (TPSA) is 83.7 Å². The predicted molar refractivity (Wildman–Crippen MR) is 110 cm³/mol. The number of rotatable bonds is 9. The number of ketones is 1. The third-order valence-electron chi connectivity index (χ3n) is 4.14. The van der Waals surface area contributed by atoms with Gasteiger partial charge in [-0.25, -0.2) is 0 Å². The Morgan fingerprint density at radius 2 is 1.71 bits per heavy atom. The molecule has 1 amide bonds. The van der Waals surface area contributed by atoms with Crippen molar-refractivity contribution in [2.75, 3.05) is 40.4 Å². The van der Waals surface area contributed by atoms with Crippen molar-refractivity contribution in [1.29, 1.82) is 0 Å². The Hall–Kier alpha value is -2.54. The van der Waals surface area contributed by atoms with Crippen LogP contribution >= 0.6 is 0 Å². The number of hydrogen-bond donors (Lipinski definition) is 2. The first-order valence-electron chi connectivity index (χ1n) is 9.44. The number of carbonyl (C=O) groups is 2. The van der Waals surface area contributed by atoms with Crippen molar-refractivity contribution >= 4 is 22.6 Å². The lowest BCUT2D eigenvalue weighted by atomic mass is 9.89. The largest absolute Gasteiger partial charge is 0.488 e. The number of H-pyrrole nitrogens is 1. The fourth-order valence-electron chi connectivity index (χ4n) is 2.62. The summed E-state index contributed by atoms with van der Waals surface area (Å²) in [6.45, 7) is 9.16. The fraction of sp³-hybridized carbons (Fsp3) is 0.524. The molecule has 7 nitrogen and oxygen atoms in total. The van der Waals surface area contributed by atoms with Crippen LogP contribution in [0.15, 0.2) is 18.2 Å². The average molecular weight is 389 g/mol. The zero-order valence-electron chi connectivity index (χ0n) is 17.6. The Balaban J connectivity index is 2.27. The highest BCUT2D eigenvalue weighted by molar-refractivity contribution is 6.02. The molecular weight excluding hydrogens is 358 g/mol. The van der Waals surface area contributed by atoms with Gasteiger partial charge in [0.1, 0.15) is 13.2 Å². The first-order valence-corrected chi connectivity index (χ1v) is 9.44. The number of aromatic amines is 1. The molecule has 0 unspecified atom stereocenters. The molecule has 7 heteroatoms. The van der Waals surface area contributed by atoms with Gasteiger partial charge in [0.25, 0.3) is 0 Å². The molecule has 2 rings (SSSR count). The van der Waals surface area contributed by atoms with Crippen LogP contribution in [0, 0.1) is 5.41 Å². The van der Waals surface area contributed by atoms with Crippen LogP contribution in [0.4, 0.5) is 0 Å². The molecule has 0 radical (unpaired) electrons. The number of amides is 1. The maximum absolute atomic E-state index is 12.6. The van der Waals surface area contributed by atoms with Gasteiger partial charge in [0.15, 0.2) is 17.3 Å². The maximum Gasteiger partial charge on any atom is 0.216 e. The van der Waals surface area contributed by atoms with E-state index in [1.807, 2.05) is 58.0 Å². The lowest BCUT2D eigenvalue weighted by Gasteiger charge is -2.15. The van der Waals surface area contributed by atoms with Crippen molar-refractivity contribution in [1.82, 2.24) is 15.2 Å². The number of benzene rings is 1. The predicted octanol–water partition coefficient (Wildman–Crippen LogP) is 2.85. The highest BCUT2D eigenvalue weighted by Gasteiger charge is 2.24. The van der Waals surface area contributed by atoms with Crippen molar-refractivity contribution in [3.8, 4) is 11.5 Å². The standard InChI is InChI=1S/C21H31N3O4/c1-14(25)22-7-9-27-19-13-16-15(12-18(19)28-10-8-24(5)6)11-17(23-16)20(26)21(2,3)4/h11-13,23H,7-10H2,1-6H3,(H,22,25). The van der Waals surface area contributed by atoms with Crippen LogP contribution in [0.25, 0.3) is 10.9 Å². The molecule has 28 heavy (non-hydrogen) atoms. The molecule has 0 saturated carbocycles. The van der Waals surface area contributed by atoms with E-state index in [1.165, 1.54) is 6.92 Å². The van der Waals surface area contributed by atoms with Crippen LogP contribution in [-0.2, 0) is 4.79 Å². The highest BCUT2D eigenvalue weighted by atomic mass is 16.5. The van der Waals surface area contributed by atoms with Gasteiger partial charge in [0.05, 0.1) is 12.2 Å². The van der Waals surface area contributed by atoms with Crippen molar-refractivity contribution in [3.05, 3.63) is 23.9 Å². The Labute approximate surface area is 166 Å². The summed E-state index contributed by atoms with van der Waals surface area (Å²) in [5, 5.41) is 3.59. The number of nitrogens with zero attached hydrogens (tertiary/aromatic N) is 1. The highest BCUT2D eigenvalue weighted by Crippen LogP contribution is 2.34. The molecule has 1 aromatic carbocycles. The molecule has 2 N–H and O–H groups in total. The SMILES string of the molecule is CC(=O)NCCOc1cc2[nH]c(C(=O)C(C)(C)C)cc2cc1OCCN(C)C. The molecule has 0 aliphatic rings. The van der Waals surface area contributed by atoms with E-state index in [4.69, 9.17) is 9.47 Å². The van der Waals surface area contributed by atoms with E-state index in [2.05, 4.69) is 10.3 Å². The molecule has 0 bridgehead atoms. The molecule has 2 aromatic rings. The maximum atomic E-state index is 12.6. The number of hydrogen-bond acceptors (Lipinski definition) is 5. The number of nitrogens with one attached hydrogen (secondary N) is 2. The van der Waals surface area contributed by atoms with Gasteiger partial charge in [-0.05, 0) is 26.2 Å². The van der Waals surface area contributed by atoms with Crippen molar-refractivity contribution in [2.24, 2.45) is 5.41 Å². The van der Waals surface area contributed by atoms with E-state index >= 15 is 0 Å². The molecule has 0 saturated heterocycles. The molecule has 0 atom stereocenters. The Kier molecular flexibility index (Phi) is 7.07. The monoisotopic (exact) mass is 389 g/mol. The second-order valence-electron chi connectivity index (χ2n) is 8.13. The van der Waals surface area contributed by atoms with Gasteiger partial charge in [-0.15, -0.1) is 0 Å². The lowest BCUT2D eigenvalue weighted by Crippen LogP contribution is -2.25. The van der Waals surface area contributed by atoms with Gasteiger partial charge >= 0.3 is 0 Å². The number of aromatic nitrogens is 1. The minimum atomic E-state index is -0.469. The van der Waals surface area contributed by atoms with Gasteiger partial charge in [-0.3, -0.25) is 9.59 Å². The Bertz CT molecular complexity index is 834. The minimum absolute atomic E-state index is 0.0481. The van der Waals surface area contributed by atoms with Crippen molar-refractivity contribution in [2.45, 2.75) is 27.7 Å². The van der Waals surface area contributed by atoms with E-state index in [0.717, 1.165) is 17.4 Å². The molecule has 0 fully saturated rings. The number of likely N-dealkylation sites (N-methyl/N-ethyl adjacent to an activating group) is 1. The normalized spacial score (nSPS) is 11.7. The minimum Gasteiger partial charge on any atom is -0.488 e. The summed E-state index contributed by atoms with van der Waals surface area (Å²) in [5.41, 5.74) is 0.906. The smallest absolute Gasteiger partial charge is 0.216 e. The van der Waals surface area contributed by atoms with Crippen LogP contribution in [0.5, 0.6) is 11.5 Å². The quantitative estimate of drug-likeness (QED) is 0.509. The van der Waals surface area contributed by atoms with Gasteiger partial charge in [0.2, 0.25) is 5.91 Å². The molecule has 154 valence electrons.